The molecule has 0 spiro atoms. The molecule has 2 heterocycles. The number of carbonyl (C=O) groups is 2. The van der Waals surface area contributed by atoms with E-state index in [1.165, 1.54) is 17.4 Å². The van der Waals surface area contributed by atoms with Crippen LogP contribution in [0.1, 0.15) is 15.2 Å². The molecule has 0 radical (unpaired) electrons. The van der Waals surface area contributed by atoms with E-state index in [2.05, 4.69) is 5.32 Å². The summed E-state index contributed by atoms with van der Waals surface area (Å²) in [6.07, 6.45) is -4.57. The first kappa shape index (κ1) is 20.5. The number of rotatable bonds is 4. The molecule has 28 heavy (non-hydrogen) atoms. The average molecular weight is 432 g/mol. The number of carbonyl (C=O) groups excluding carboxylic acids is 2. The van der Waals surface area contributed by atoms with Gasteiger partial charge in [-0.05, 0) is 29.6 Å². The Morgan fingerprint density at radius 3 is 2.39 bits per heavy atom. The van der Waals surface area contributed by atoms with Gasteiger partial charge in [0.1, 0.15) is 0 Å². The molecular formula is C18H17ClF3N3O2S. The number of anilines is 1. The van der Waals surface area contributed by atoms with Gasteiger partial charge in [0.25, 0.3) is 5.91 Å². The molecule has 1 aromatic carbocycles. The molecule has 1 saturated heterocycles. The van der Waals surface area contributed by atoms with E-state index in [1.807, 2.05) is 11.4 Å². The van der Waals surface area contributed by atoms with Gasteiger partial charge in [-0.2, -0.15) is 13.2 Å². The van der Waals surface area contributed by atoms with Crippen LogP contribution in [0.4, 0.5) is 18.9 Å². The summed E-state index contributed by atoms with van der Waals surface area (Å²) in [5, 5.41) is 4.15. The first-order valence-electron chi connectivity index (χ1n) is 8.47. The summed E-state index contributed by atoms with van der Waals surface area (Å²) in [5.74, 6) is -0.298. The number of benzene rings is 1. The van der Waals surface area contributed by atoms with Gasteiger partial charge in [-0.3, -0.25) is 9.59 Å². The maximum Gasteiger partial charge on any atom is 0.417 e. The number of thiophene rings is 1. The smallest absolute Gasteiger partial charge is 0.376 e. The molecule has 0 unspecified atom stereocenters. The first-order valence-corrected chi connectivity index (χ1v) is 9.72. The molecular weight excluding hydrogens is 415 g/mol. The number of hydrogen-bond donors (Lipinski definition) is 1. The number of hydrogen-bond acceptors (Lipinski definition) is 4. The predicted molar refractivity (Wildman–Crippen MR) is 102 cm³/mol. The van der Waals surface area contributed by atoms with Crippen molar-refractivity contribution in [1.82, 2.24) is 9.80 Å². The van der Waals surface area contributed by atoms with Crippen molar-refractivity contribution in [2.24, 2.45) is 0 Å². The van der Waals surface area contributed by atoms with Crippen LogP contribution in [0.2, 0.25) is 5.02 Å². The number of halogens is 4. The molecule has 150 valence electrons. The van der Waals surface area contributed by atoms with Crippen LogP contribution < -0.4 is 5.32 Å². The normalized spacial score (nSPS) is 14.9. The van der Waals surface area contributed by atoms with Crippen LogP contribution in [0.5, 0.6) is 0 Å². The van der Waals surface area contributed by atoms with Crippen LogP contribution >= 0.6 is 22.9 Å². The molecule has 0 bridgehead atoms. The van der Waals surface area contributed by atoms with Crippen molar-refractivity contribution in [3.63, 3.8) is 0 Å². The molecule has 1 fully saturated rings. The zero-order valence-electron chi connectivity index (χ0n) is 14.6. The van der Waals surface area contributed by atoms with E-state index in [0.717, 1.165) is 12.1 Å². The fourth-order valence-corrected chi connectivity index (χ4v) is 3.77. The lowest BCUT2D eigenvalue weighted by atomic mass is 10.2. The highest BCUT2D eigenvalue weighted by Gasteiger charge is 2.33. The number of piperazine rings is 1. The quantitative estimate of drug-likeness (QED) is 0.800. The molecule has 10 heteroatoms. The van der Waals surface area contributed by atoms with Gasteiger partial charge < -0.3 is 15.1 Å². The highest BCUT2D eigenvalue weighted by molar-refractivity contribution is 7.12. The molecule has 2 amide bonds. The molecule has 2 aromatic rings. The van der Waals surface area contributed by atoms with Crippen LogP contribution in [0.3, 0.4) is 0 Å². The summed E-state index contributed by atoms with van der Waals surface area (Å²) in [6, 6.07) is 6.99. The molecule has 0 atom stereocenters. The Morgan fingerprint density at radius 2 is 1.79 bits per heavy atom. The van der Waals surface area contributed by atoms with Crippen LogP contribution in [0, 0.1) is 0 Å². The number of amides is 2. The van der Waals surface area contributed by atoms with E-state index in [9.17, 15) is 22.8 Å². The molecule has 3 rings (SSSR count). The molecule has 5 nitrogen and oxygen atoms in total. The minimum Gasteiger partial charge on any atom is -0.376 e. The third-order valence-electron chi connectivity index (χ3n) is 4.37. The van der Waals surface area contributed by atoms with Crippen molar-refractivity contribution in [3.05, 3.63) is 51.2 Å². The second-order valence-corrected chi connectivity index (χ2v) is 7.55. The van der Waals surface area contributed by atoms with Gasteiger partial charge >= 0.3 is 6.18 Å². The summed E-state index contributed by atoms with van der Waals surface area (Å²) in [6.45, 7) is 1.46. The predicted octanol–water partition coefficient (Wildman–Crippen LogP) is 3.82. The molecule has 0 aliphatic carbocycles. The summed E-state index contributed by atoms with van der Waals surface area (Å²) in [4.78, 5) is 28.6. The third-order valence-corrected chi connectivity index (χ3v) is 5.55. The molecule has 1 aromatic heterocycles. The van der Waals surface area contributed by atoms with Crippen LogP contribution in [0.15, 0.2) is 35.7 Å². The fraction of sp³-hybridized carbons (Fsp3) is 0.333. The Labute approximate surface area is 168 Å². The van der Waals surface area contributed by atoms with E-state index in [0.29, 0.717) is 31.1 Å². The Kier molecular flexibility index (Phi) is 6.14. The van der Waals surface area contributed by atoms with Gasteiger partial charge in [0.15, 0.2) is 0 Å². The highest BCUT2D eigenvalue weighted by Crippen LogP contribution is 2.36. The maximum atomic E-state index is 12.9. The second kappa shape index (κ2) is 8.40. The lowest BCUT2D eigenvalue weighted by Gasteiger charge is -2.34. The Morgan fingerprint density at radius 1 is 1.11 bits per heavy atom. The summed E-state index contributed by atoms with van der Waals surface area (Å²) >= 11 is 6.96. The molecule has 0 saturated carbocycles. The van der Waals surface area contributed by atoms with Crippen molar-refractivity contribution < 1.29 is 22.8 Å². The SMILES string of the molecule is O=C(CNc1ccc(Cl)c(C(F)(F)F)c1)N1CCN(C(=O)c2cccs2)CC1. The van der Waals surface area contributed by atoms with Gasteiger partial charge in [-0.25, -0.2) is 0 Å². The summed E-state index contributed by atoms with van der Waals surface area (Å²) in [5.41, 5.74) is -0.788. The Hall–Kier alpha value is -2.26. The van der Waals surface area contributed by atoms with Crippen molar-refractivity contribution in [2.75, 3.05) is 38.0 Å². The third kappa shape index (κ3) is 4.77. The second-order valence-electron chi connectivity index (χ2n) is 6.20. The van der Waals surface area contributed by atoms with E-state index in [-0.39, 0.29) is 24.0 Å². The van der Waals surface area contributed by atoms with Crippen molar-refractivity contribution in [3.8, 4) is 0 Å². The van der Waals surface area contributed by atoms with Gasteiger partial charge in [0.2, 0.25) is 5.91 Å². The Bertz CT molecular complexity index is 850. The van der Waals surface area contributed by atoms with Gasteiger partial charge in [0.05, 0.1) is 22.0 Å². The van der Waals surface area contributed by atoms with Gasteiger partial charge in [0, 0.05) is 31.9 Å². The topological polar surface area (TPSA) is 52.7 Å². The number of nitrogens with one attached hydrogen (secondary N) is 1. The van der Waals surface area contributed by atoms with E-state index in [1.54, 1.807) is 15.9 Å². The lowest BCUT2D eigenvalue weighted by molar-refractivity contribution is -0.137. The largest absolute Gasteiger partial charge is 0.417 e. The maximum absolute atomic E-state index is 12.9. The monoisotopic (exact) mass is 431 g/mol. The zero-order valence-corrected chi connectivity index (χ0v) is 16.2. The van der Waals surface area contributed by atoms with E-state index in [4.69, 9.17) is 11.6 Å². The standard InChI is InChI=1S/C18H17ClF3N3O2S/c19-14-4-3-12(10-13(14)18(20,21)22)23-11-16(26)24-5-7-25(8-6-24)17(27)15-2-1-9-28-15/h1-4,9-10,23H,5-8,11H2. The minimum atomic E-state index is -4.57. The zero-order chi connectivity index (χ0) is 20.3. The number of nitrogens with zero attached hydrogens (tertiary/aromatic N) is 2. The van der Waals surface area contributed by atoms with E-state index < -0.39 is 16.8 Å². The van der Waals surface area contributed by atoms with Gasteiger partial charge in [-0.15, -0.1) is 11.3 Å². The van der Waals surface area contributed by atoms with Crippen molar-refractivity contribution in [2.45, 2.75) is 6.18 Å². The molecule has 1 aliphatic heterocycles. The van der Waals surface area contributed by atoms with Crippen LogP contribution in [-0.4, -0.2) is 54.3 Å². The minimum absolute atomic E-state index is 0.0546. The van der Waals surface area contributed by atoms with E-state index >= 15 is 0 Å². The van der Waals surface area contributed by atoms with Crippen LogP contribution in [0.25, 0.3) is 0 Å². The molecule has 1 aliphatic rings. The van der Waals surface area contributed by atoms with Crippen LogP contribution in [-0.2, 0) is 11.0 Å². The summed E-state index contributed by atoms with van der Waals surface area (Å²) in [7, 11) is 0. The van der Waals surface area contributed by atoms with Crippen molar-refractivity contribution in [1.29, 1.82) is 0 Å². The molecule has 1 N–H and O–H groups in total. The Balaban J connectivity index is 1.52. The van der Waals surface area contributed by atoms with Crippen molar-refractivity contribution >= 4 is 40.4 Å². The average Bonchev–Trinajstić information content (AvgIpc) is 3.20. The fourth-order valence-electron chi connectivity index (χ4n) is 2.86. The highest BCUT2D eigenvalue weighted by atomic mass is 35.5. The first-order chi connectivity index (χ1) is 13.3. The van der Waals surface area contributed by atoms with Gasteiger partial charge in [-0.1, -0.05) is 17.7 Å². The number of alkyl halides is 3. The lowest BCUT2D eigenvalue weighted by Crippen LogP contribution is -2.51. The summed E-state index contributed by atoms with van der Waals surface area (Å²) < 4.78 is 38.7.